The standard InChI is InChI=1S/C14H22N2S/c1-16-7-3-5-11-8-13(17-14(11)10-16)12-4-2-6-15-9-12/h8,12,15H,2-7,9-10H2,1H3. The average molecular weight is 250 g/mol. The van der Waals surface area contributed by atoms with Crippen LogP contribution in [0.5, 0.6) is 0 Å². The van der Waals surface area contributed by atoms with Crippen LogP contribution in [-0.4, -0.2) is 31.6 Å². The van der Waals surface area contributed by atoms with Crippen LogP contribution in [0.2, 0.25) is 0 Å². The summed E-state index contributed by atoms with van der Waals surface area (Å²) in [5.74, 6) is 0.783. The molecule has 1 aromatic rings. The monoisotopic (exact) mass is 250 g/mol. The molecule has 0 radical (unpaired) electrons. The second-order valence-corrected chi connectivity index (χ2v) is 6.65. The number of rotatable bonds is 1. The molecule has 3 heterocycles. The highest BCUT2D eigenvalue weighted by Gasteiger charge is 2.21. The molecule has 1 unspecified atom stereocenters. The van der Waals surface area contributed by atoms with E-state index >= 15 is 0 Å². The van der Waals surface area contributed by atoms with E-state index in [2.05, 4.69) is 34.7 Å². The summed E-state index contributed by atoms with van der Waals surface area (Å²) >= 11 is 2.08. The molecule has 2 nitrogen and oxygen atoms in total. The summed E-state index contributed by atoms with van der Waals surface area (Å²) in [6.07, 6.45) is 5.33. The van der Waals surface area contributed by atoms with E-state index in [0.29, 0.717) is 0 Å². The first-order valence-corrected chi connectivity index (χ1v) is 7.65. The van der Waals surface area contributed by atoms with Crippen molar-refractivity contribution < 1.29 is 0 Å². The Hall–Kier alpha value is -0.380. The number of nitrogens with one attached hydrogen (secondary N) is 1. The largest absolute Gasteiger partial charge is 0.316 e. The first-order chi connectivity index (χ1) is 8.33. The third-order valence-corrected chi connectivity index (χ3v) is 5.34. The molecule has 0 aliphatic carbocycles. The van der Waals surface area contributed by atoms with Crippen molar-refractivity contribution in [2.75, 3.05) is 26.7 Å². The summed E-state index contributed by atoms with van der Waals surface area (Å²) in [6.45, 7) is 4.82. The Morgan fingerprint density at radius 2 is 2.35 bits per heavy atom. The van der Waals surface area contributed by atoms with E-state index in [-0.39, 0.29) is 0 Å². The molecule has 1 aromatic heterocycles. The molecule has 3 rings (SSSR count). The highest BCUT2D eigenvalue weighted by atomic mass is 32.1. The molecule has 3 heteroatoms. The molecular formula is C14H22N2S. The van der Waals surface area contributed by atoms with Crippen molar-refractivity contribution in [2.24, 2.45) is 0 Å². The first kappa shape index (κ1) is 11.7. The van der Waals surface area contributed by atoms with E-state index in [4.69, 9.17) is 0 Å². The Kier molecular flexibility index (Phi) is 3.50. The van der Waals surface area contributed by atoms with Gasteiger partial charge in [0.25, 0.3) is 0 Å². The Morgan fingerprint density at radius 1 is 1.41 bits per heavy atom. The molecule has 0 bridgehead atoms. The van der Waals surface area contributed by atoms with Gasteiger partial charge in [-0.3, -0.25) is 0 Å². The zero-order valence-corrected chi connectivity index (χ0v) is 11.5. The van der Waals surface area contributed by atoms with Crippen molar-refractivity contribution in [3.05, 3.63) is 21.4 Å². The second kappa shape index (κ2) is 5.09. The normalized spacial score (nSPS) is 26.5. The van der Waals surface area contributed by atoms with Crippen LogP contribution in [0.4, 0.5) is 0 Å². The number of thiophene rings is 1. The molecule has 1 saturated heterocycles. The summed E-state index contributed by atoms with van der Waals surface area (Å²) in [7, 11) is 2.25. The van der Waals surface area contributed by atoms with Gasteiger partial charge in [-0.2, -0.15) is 0 Å². The van der Waals surface area contributed by atoms with Crippen molar-refractivity contribution in [3.8, 4) is 0 Å². The molecule has 17 heavy (non-hydrogen) atoms. The van der Waals surface area contributed by atoms with E-state index in [1.54, 1.807) is 15.3 Å². The van der Waals surface area contributed by atoms with Crippen LogP contribution < -0.4 is 5.32 Å². The maximum Gasteiger partial charge on any atom is 0.0327 e. The molecule has 1 N–H and O–H groups in total. The minimum absolute atomic E-state index is 0.783. The minimum Gasteiger partial charge on any atom is -0.316 e. The first-order valence-electron chi connectivity index (χ1n) is 6.83. The van der Waals surface area contributed by atoms with Gasteiger partial charge in [0.05, 0.1) is 0 Å². The van der Waals surface area contributed by atoms with Crippen LogP contribution in [0.1, 0.15) is 40.5 Å². The van der Waals surface area contributed by atoms with Gasteiger partial charge < -0.3 is 10.2 Å². The Bertz CT molecular complexity index is 380. The average Bonchev–Trinajstić information content (AvgIpc) is 2.66. The van der Waals surface area contributed by atoms with Crippen molar-refractivity contribution in [2.45, 2.75) is 38.1 Å². The summed E-state index contributed by atoms with van der Waals surface area (Å²) < 4.78 is 0. The van der Waals surface area contributed by atoms with Gasteiger partial charge in [0.1, 0.15) is 0 Å². The van der Waals surface area contributed by atoms with Gasteiger partial charge in [-0.25, -0.2) is 0 Å². The number of fused-ring (bicyclic) bond motifs is 1. The van der Waals surface area contributed by atoms with Gasteiger partial charge in [-0.1, -0.05) is 0 Å². The fourth-order valence-electron chi connectivity index (χ4n) is 2.99. The van der Waals surface area contributed by atoms with Gasteiger partial charge in [-0.15, -0.1) is 11.3 Å². The lowest BCUT2D eigenvalue weighted by Crippen LogP contribution is -2.27. The van der Waals surface area contributed by atoms with Gasteiger partial charge in [-0.05, 0) is 57.5 Å². The molecule has 0 spiro atoms. The zero-order valence-electron chi connectivity index (χ0n) is 10.7. The van der Waals surface area contributed by atoms with Crippen LogP contribution in [-0.2, 0) is 13.0 Å². The van der Waals surface area contributed by atoms with E-state index in [0.717, 1.165) is 5.92 Å². The van der Waals surface area contributed by atoms with E-state index in [1.807, 2.05) is 0 Å². The van der Waals surface area contributed by atoms with Crippen LogP contribution in [0.25, 0.3) is 0 Å². The highest BCUT2D eigenvalue weighted by Crippen LogP contribution is 2.34. The summed E-state index contributed by atoms with van der Waals surface area (Å²) in [5.41, 5.74) is 1.64. The van der Waals surface area contributed by atoms with Gasteiger partial charge in [0.2, 0.25) is 0 Å². The number of hydrogen-bond acceptors (Lipinski definition) is 3. The number of hydrogen-bond donors (Lipinski definition) is 1. The van der Waals surface area contributed by atoms with Crippen molar-refractivity contribution in [1.82, 2.24) is 10.2 Å². The van der Waals surface area contributed by atoms with Crippen molar-refractivity contribution in [3.63, 3.8) is 0 Å². The third kappa shape index (κ3) is 2.56. The lowest BCUT2D eigenvalue weighted by Gasteiger charge is -2.21. The molecule has 2 aliphatic rings. The summed E-state index contributed by atoms with van der Waals surface area (Å²) in [5, 5.41) is 3.53. The zero-order chi connectivity index (χ0) is 11.7. The van der Waals surface area contributed by atoms with Crippen molar-refractivity contribution in [1.29, 1.82) is 0 Å². The molecule has 1 atom stereocenters. The quantitative estimate of drug-likeness (QED) is 0.824. The fraction of sp³-hybridized carbons (Fsp3) is 0.714. The topological polar surface area (TPSA) is 15.3 Å². The highest BCUT2D eigenvalue weighted by molar-refractivity contribution is 7.12. The Balaban J connectivity index is 1.80. The lowest BCUT2D eigenvalue weighted by molar-refractivity contribution is 0.334. The maximum absolute atomic E-state index is 3.53. The minimum atomic E-state index is 0.783. The molecule has 1 fully saturated rings. The third-order valence-electron chi connectivity index (χ3n) is 4.01. The van der Waals surface area contributed by atoms with Gasteiger partial charge in [0, 0.05) is 28.8 Å². The molecule has 0 aromatic carbocycles. The smallest absolute Gasteiger partial charge is 0.0327 e. The maximum atomic E-state index is 3.53. The summed E-state index contributed by atoms with van der Waals surface area (Å²) in [4.78, 5) is 5.73. The molecular weight excluding hydrogens is 228 g/mol. The molecule has 94 valence electrons. The van der Waals surface area contributed by atoms with Crippen LogP contribution >= 0.6 is 11.3 Å². The van der Waals surface area contributed by atoms with Crippen LogP contribution in [0, 0.1) is 0 Å². The number of aryl methyl sites for hydroxylation is 1. The van der Waals surface area contributed by atoms with Crippen molar-refractivity contribution >= 4 is 11.3 Å². The molecule has 0 saturated carbocycles. The molecule has 0 amide bonds. The predicted molar refractivity (Wildman–Crippen MR) is 73.8 cm³/mol. The number of piperidine rings is 1. The Labute approximate surface area is 108 Å². The second-order valence-electron chi connectivity index (χ2n) is 5.48. The van der Waals surface area contributed by atoms with E-state index < -0.39 is 0 Å². The number of nitrogens with zero attached hydrogens (tertiary/aromatic N) is 1. The van der Waals surface area contributed by atoms with Crippen LogP contribution in [0.3, 0.4) is 0 Å². The van der Waals surface area contributed by atoms with Crippen LogP contribution in [0.15, 0.2) is 6.07 Å². The lowest BCUT2D eigenvalue weighted by atomic mass is 9.97. The van der Waals surface area contributed by atoms with Gasteiger partial charge >= 0.3 is 0 Å². The fourth-order valence-corrected chi connectivity index (χ4v) is 4.42. The van der Waals surface area contributed by atoms with E-state index in [9.17, 15) is 0 Å². The predicted octanol–water partition coefficient (Wildman–Crippen LogP) is 2.59. The Morgan fingerprint density at radius 3 is 3.18 bits per heavy atom. The van der Waals surface area contributed by atoms with Gasteiger partial charge in [0.15, 0.2) is 0 Å². The SMILES string of the molecule is CN1CCCc2cc(C3CCCNC3)sc2C1. The van der Waals surface area contributed by atoms with E-state index in [1.165, 1.54) is 51.9 Å². The molecule has 2 aliphatic heterocycles. The summed E-state index contributed by atoms with van der Waals surface area (Å²) in [6, 6.07) is 2.51.